The van der Waals surface area contributed by atoms with Crippen LogP contribution in [-0.4, -0.2) is 18.6 Å². The van der Waals surface area contributed by atoms with Gasteiger partial charge in [0.1, 0.15) is 5.76 Å². The van der Waals surface area contributed by atoms with Gasteiger partial charge in [-0.3, -0.25) is 0 Å². The van der Waals surface area contributed by atoms with E-state index in [0.29, 0.717) is 0 Å². The first-order valence-electron chi connectivity index (χ1n) is 10.4. The van der Waals surface area contributed by atoms with Crippen LogP contribution in [0.1, 0.15) is 66.7 Å². The molecule has 2 saturated carbocycles. The van der Waals surface area contributed by atoms with Crippen molar-refractivity contribution in [1.82, 2.24) is 0 Å². The van der Waals surface area contributed by atoms with E-state index in [4.69, 9.17) is 4.74 Å². The highest BCUT2D eigenvalue weighted by Gasteiger charge is 2.19. The molecular weight excluding hydrogens is 360 g/mol. The molecule has 0 bridgehead atoms. The van der Waals surface area contributed by atoms with Crippen molar-refractivity contribution >= 4 is 17.5 Å². The molecule has 0 saturated heterocycles. The van der Waals surface area contributed by atoms with E-state index in [0.717, 1.165) is 35.2 Å². The van der Waals surface area contributed by atoms with Crippen molar-refractivity contribution in [2.75, 3.05) is 18.6 Å². The van der Waals surface area contributed by atoms with E-state index in [1.54, 1.807) is 0 Å². The van der Waals surface area contributed by atoms with Crippen molar-refractivity contribution in [2.45, 2.75) is 44.4 Å². The average molecular weight is 389 g/mol. The van der Waals surface area contributed by atoms with Gasteiger partial charge >= 0.3 is 0 Å². The molecule has 4 rings (SSSR count). The standard InChI is InChI=1S/C26H28OS/c1-28-19-18-27-26(24-6-3-7-24)25-16-12-21(13-17-25)9-8-20-10-14-23(15-11-20)22-4-2-5-22/h10-17,22H,2-7,18-19H2,1H3. The highest BCUT2D eigenvalue weighted by Crippen LogP contribution is 2.36. The van der Waals surface area contributed by atoms with Crippen molar-refractivity contribution in [1.29, 1.82) is 0 Å². The van der Waals surface area contributed by atoms with Crippen LogP contribution in [-0.2, 0) is 4.74 Å². The van der Waals surface area contributed by atoms with Crippen molar-refractivity contribution in [3.63, 3.8) is 0 Å². The van der Waals surface area contributed by atoms with Crippen LogP contribution in [0.3, 0.4) is 0 Å². The molecule has 2 aromatic rings. The fourth-order valence-corrected chi connectivity index (χ4v) is 3.88. The van der Waals surface area contributed by atoms with Crippen LogP contribution in [0.2, 0.25) is 0 Å². The average Bonchev–Trinajstić information content (AvgIpc) is 2.64. The lowest BCUT2D eigenvalue weighted by Crippen LogP contribution is -2.08. The van der Waals surface area contributed by atoms with Crippen molar-refractivity contribution < 1.29 is 4.74 Å². The molecule has 0 heterocycles. The lowest BCUT2D eigenvalue weighted by Gasteiger charge is -2.25. The first kappa shape index (κ1) is 19.2. The van der Waals surface area contributed by atoms with Crippen LogP contribution in [0.25, 0.3) is 5.76 Å². The molecule has 0 amide bonds. The summed E-state index contributed by atoms with van der Waals surface area (Å²) in [6.45, 7) is 0.776. The Hall–Kier alpha value is -2.11. The van der Waals surface area contributed by atoms with Crippen LogP contribution in [0, 0.1) is 11.8 Å². The number of thioether (sulfide) groups is 1. The summed E-state index contributed by atoms with van der Waals surface area (Å²) in [4.78, 5) is 0. The van der Waals surface area contributed by atoms with Crippen molar-refractivity contribution in [2.24, 2.45) is 0 Å². The fourth-order valence-electron chi connectivity index (χ4n) is 3.63. The van der Waals surface area contributed by atoms with Gasteiger partial charge in [0.25, 0.3) is 0 Å². The lowest BCUT2D eigenvalue weighted by atomic mass is 9.80. The Morgan fingerprint density at radius 2 is 1.57 bits per heavy atom. The second-order valence-corrected chi connectivity index (χ2v) is 8.69. The van der Waals surface area contributed by atoms with E-state index in [-0.39, 0.29) is 0 Å². The Labute approximate surface area is 173 Å². The van der Waals surface area contributed by atoms with Gasteiger partial charge in [-0.1, -0.05) is 42.5 Å². The van der Waals surface area contributed by atoms with Gasteiger partial charge in [-0.2, -0.15) is 11.8 Å². The predicted octanol–water partition coefficient (Wildman–Crippen LogP) is 6.63. The van der Waals surface area contributed by atoms with Gasteiger partial charge < -0.3 is 4.74 Å². The van der Waals surface area contributed by atoms with Gasteiger partial charge in [0.2, 0.25) is 0 Å². The number of benzene rings is 2. The van der Waals surface area contributed by atoms with Crippen molar-refractivity contribution in [3.05, 3.63) is 76.4 Å². The molecule has 28 heavy (non-hydrogen) atoms. The van der Waals surface area contributed by atoms with E-state index < -0.39 is 0 Å². The van der Waals surface area contributed by atoms with E-state index in [1.807, 2.05) is 11.8 Å². The predicted molar refractivity (Wildman–Crippen MR) is 121 cm³/mol. The SMILES string of the molecule is CSCCOC(=C1CCC1)c1ccc(C#Cc2ccc(C3CCC3)cc2)cc1. The Balaban J connectivity index is 1.43. The lowest BCUT2D eigenvalue weighted by molar-refractivity contribution is 0.294. The number of rotatable bonds is 6. The summed E-state index contributed by atoms with van der Waals surface area (Å²) in [5.41, 5.74) is 6.26. The molecule has 2 aliphatic rings. The Kier molecular flexibility index (Phi) is 6.45. The Bertz CT molecular complexity index is 871. The van der Waals surface area contributed by atoms with Gasteiger partial charge in [-0.05, 0) is 79.7 Å². The largest absolute Gasteiger partial charge is 0.492 e. The maximum Gasteiger partial charge on any atom is 0.125 e. The van der Waals surface area contributed by atoms with Gasteiger partial charge in [0.15, 0.2) is 0 Å². The van der Waals surface area contributed by atoms with Gasteiger partial charge in [0.05, 0.1) is 6.61 Å². The van der Waals surface area contributed by atoms with Crippen molar-refractivity contribution in [3.8, 4) is 11.8 Å². The third-order valence-electron chi connectivity index (χ3n) is 5.80. The number of hydrogen-bond donors (Lipinski definition) is 0. The van der Waals surface area contributed by atoms with Crippen LogP contribution in [0.4, 0.5) is 0 Å². The zero-order valence-electron chi connectivity index (χ0n) is 16.7. The van der Waals surface area contributed by atoms with Gasteiger partial charge in [-0.15, -0.1) is 0 Å². The molecule has 0 N–H and O–H groups in total. The van der Waals surface area contributed by atoms with Crippen LogP contribution >= 0.6 is 11.8 Å². The second kappa shape index (κ2) is 9.39. The normalized spacial score (nSPS) is 15.8. The van der Waals surface area contributed by atoms with E-state index in [2.05, 4.69) is 66.6 Å². The fraction of sp³-hybridized carbons (Fsp3) is 0.385. The quantitative estimate of drug-likeness (QED) is 0.312. The molecule has 0 aliphatic heterocycles. The first-order chi connectivity index (χ1) is 13.8. The summed E-state index contributed by atoms with van der Waals surface area (Å²) >= 11 is 1.82. The maximum absolute atomic E-state index is 6.11. The van der Waals surface area contributed by atoms with Gasteiger partial charge in [0, 0.05) is 22.4 Å². The highest BCUT2D eigenvalue weighted by molar-refractivity contribution is 7.98. The molecule has 1 nitrogen and oxygen atoms in total. The summed E-state index contributed by atoms with van der Waals surface area (Å²) < 4.78 is 6.11. The summed E-state index contributed by atoms with van der Waals surface area (Å²) in [7, 11) is 0. The molecular formula is C26H28OS. The minimum Gasteiger partial charge on any atom is -0.492 e. The molecule has 0 spiro atoms. The molecule has 2 aliphatic carbocycles. The van der Waals surface area contributed by atoms with E-state index >= 15 is 0 Å². The van der Waals surface area contributed by atoms with Gasteiger partial charge in [-0.25, -0.2) is 0 Å². The zero-order chi connectivity index (χ0) is 19.2. The molecule has 0 unspecified atom stereocenters. The number of ether oxygens (including phenoxy) is 1. The van der Waals surface area contributed by atoms with E-state index in [1.165, 1.54) is 55.2 Å². The molecule has 0 atom stereocenters. The highest BCUT2D eigenvalue weighted by atomic mass is 32.2. The minimum atomic E-state index is 0.776. The van der Waals surface area contributed by atoms with Crippen LogP contribution in [0.5, 0.6) is 0 Å². The number of hydrogen-bond acceptors (Lipinski definition) is 2. The first-order valence-corrected chi connectivity index (χ1v) is 11.8. The Morgan fingerprint density at radius 1 is 0.929 bits per heavy atom. The minimum absolute atomic E-state index is 0.776. The smallest absolute Gasteiger partial charge is 0.125 e. The topological polar surface area (TPSA) is 9.23 Å². The molecule has 144 valence electrons. The number of allylic oxidation sites excluding steroid dienone is 1. The molecule has 2 fully saturated rings. The molecule has 2 heteroatoms. The summed E-state index contributed by atoms with van der Waals surface area (Å²) in [6.07, 6.45) is 9.82. The summed E-state index contributed by atoms with van der Waals surface area (Å²) in [5.74, 6) is 9.52. The molecule has 2 aromatic carbocycles. The molecule has 0 radical (unpaired) electrons. The van der Waals surface area contributed by atoms with Crippen LogP contribution < -0.4 is 0 Å². The third kappa shape index (κ3) is 4.65. The second-order valence-electron chi connectivity index (χ2n) is 7.70. The van der Waals surface area contributed by atoms with E-state index in [9.17, 15) is 0 Å². The Morgan fingerprint density at radius 3 is 2.07 bits per heavy atom. The third-order valence-corrected chi connectivity index (χ3v) is 6.37. The summed E-state index contributed by atoms with van der Waals surface area (Å²) in [6, 6.07) is 17.4. The van der Waals surface area contributed by atoms with Crippen LogP contribution in [0.15, 0.2) is 54.1 Å². The zero-order valence-corrected chi connectivity index (χ0v) is 17.5. The summed E-state index contributed by atoms with van der Waals surface area (Å²) in [5, 5.41) is 0. The monoisotopic (exact) mass is 388 g/mol. The maximum atomic E-state index is 6.11. The molecule has 0 aromatic heterocycles.